The second kappa shape index (κ2) is 10.4. The molecule has 4 aliphatic carbocycles. The molecule has 3 nitrogen and oxygen atoms in total. The molecule has 0 amide bonds. The molecule has 3 saturated carbocycles. The molecule has 0 aromatic heterocycles. The Kier molecular flexibility index (Phi) is 7.75. The quantitative estimate of drug-likeness (QED) is 0.277. The van der Waals surface area contributed by atoms with Crippen molar-refractivity contribution in [3.63, 3.8) is 0 Å². The largest absolute Gasteiger partial charge is 0.294 e. The highest BCUT2D eigenvalue weighted by atomic mass is 32.2. The van der Waals surface area contributed by atoms with Crippen molar-refractivity contribution in [2.75, 3.05) is 0 Å². The third-order valence-electron chi connectivity index (χ3n) is 12.3. The van der Waals surface area contributed by atoms with E-state index in [0.717, 1.165) is 59.5 Å². The average molecular weight is 541 g/mol. The van der Waals surface area contributed by atoms with Crippen LogP contribution in [0.3, 0.4) is 0 Å². The van der Waals surface area contributed by atoms with Crippen molar-refractivity contribution >= 4 is 10.1 Å². The second-order valence-electron chi connectivity index (χ2n) is 14.7. The molecule has 4 aliphatic rings. The summed E-state index contributed by atoms with van der Waals surface area (Å²) in [6, 6.07) is 5.13. The Balaban J connectivity index is 1.33. The van der Waals surface area contributed by atoms with Gasteiger partial charge >= 0.3 is 0 Å². The lowest BCUT2D eigenvalue weighted by Crippen LogP contribution is -2.50. The summed E-state index contributed by atoms with van der Waals surface area (Å²) < 4.78 is 33.3. The zero-order chi connectivity index (χ0) is 27.5. The van der Waals surface area contributed by atoms with E-state index in [1.54, 1.807) is 11.6 Å². The molecule has 0 spiro atoms. The molecule has 38 heavy (non-hydrogen) atoms. The Hall–Kier alpha value is -1.13. The van der Waals surface area contributed by atoms with Gasteiger partial charge in [-0.3, -0.25) is 4.55 Å². The maximum Gasteiger partial charge on any atom is 0.294 e. The second-order valence-corrected chi connectivity index (χ2v) is 16.1. The van der Waals surface area contributed by atoms with Gasteiger partial charge in [-0.2, -0.15) is 8.42 Å². The highest BCUT2D eigenvalue weighted by molar-refractivity contribution is 7.85. The smallest absolute Gasteiger partial charge is 0.282 e. The summed E-state index contributed by atoms with van der Waals surface area (Å²) in [5.41, 5.74) is 4.67. The third-order valence-corrected chi connectivity index (χ3v) is 13.1. The minimum absolute atomic E-state index is 0.0323. The fourth-order valence-corrected chi connectivity index (χ4v) is 10.7. The average Bonchev–Trinajstić information content (AvgIpc) is 3.20. The summed E-state index contributed by atoms with van der Waals surface area (Å²) in [6.45, 7) is 14.6. The number of rotatable bonds is 7. The van der Waals surface area contributed by atoms with E-state index >= 15 is 0 Å². The summed E-state index contributed by atoms with van der Waals surface area (Å²) >= 11 is 0. The topological polar surface area (TPSA) is 54.4 Å². The van der Waals surface area contributed by atoms with Crippen molar-refractivity contribution in [2.45, 2.75) is 123 Å². The molecule has 212 valence electrons. The molecule has 1 aromatic rings. The first-order valence-electron chi connectivity index (χ1n) is 15.6. The maximum atomic E-state index is 11.8. The molecule has 1 N–H and O–H groups in total. The van der Waals surface area contributed by atoms with Gasteiger partial charge in [-0.1, -0.05) is 71.6 Å². The lowest BCUT2D eigenvalue weighted by molar-refractivity contribution is -0.0510. The number of aryl methyl sites for hydroxylation is 1. The van der Waals surface area contributed by atoms with Crippen LogP contribution in [-0.2, 0) is 10.1 Å². The molecule has 3 fully saturated rings. The first-order chi connectivity index (χ1) is 17.8. The van der Waals surface area contributed by atoms with Crippen LogP contribution in [0, 0.1) is 53.3 Å². The van der Waals surface area contributed by atoms with Gasteiger partial charge in [0.15, 0.2) is 0 Å². The van der Waals surface area contributed by atoms with Crippen LogP contribution < -0.4 is 0 Å². The summed E-state index contributed by atoms with van der Waals surface area (Å²) in [5.74, 6) is 5.40. The van der Waals surface area contributed by atoms with E-state index in [1.807, 2.05) is 6.07 Å². The van der Waals surface area contributed by atoms with Crippen molar-refractivity contribution in [1.82, 2.24) is 0 Å². The number of allylic oxidation sites excluding steroid dienone is 2. The van der Waals surface area contributed by atoms with E-state index in [2.05, 4.69) is 47.6 Å². The molecule has 5 rings (SSSR count). The van der Waals surface area contributed by atoms with Crippen LogP contribution in [0.2, 0.25) is 0 Å². The zero-order valence-corrected chi connectivity index (χ0v) is 25.6. The van der Waals surface area contributed by atoms with E-state index in [4.69, 9.17) is 0 Å². The van der Waals surface area contributed by atoms with E-state index in [9.17, 15) is 13.0 Å². The van der Waals surface area contributed by atoms with Crippen molar-refractivity contribution < 1.29 is 13.0 Å². The molecule has 4 heteroatoms. The predicted molar refractivity (Wildman–Crippen MR) is 157 cm³/mol. The van der Waals surface area contributed by atoms with E-state index in [-0.39, 0.29) is 10.3 Å². The summed E-state index contributed by atoms with van der Waals surface area (Å²) in [7, 11) is -4.18. The monoisotopic (exact) mass is 540 g/mol. The molecule has 0 heterocycles. The number of hydrogen-bond acceptors (Lipinski definition) is 2. The van der Waals surface area contributed by atoms with Gasteiger partial charge in [-0.15, -0.1) is 0 Å². The van der Waals surface area contributed by atoms with Gasteiger partial charge < -0.3 is 0 Å². The Labute approximate surface area is 233 Å². The van der Waals surface area contributed by atoms with Gasteiger partial charge in [-0.05, 0) is 134 Å². The van der Waals surface area contributed by atoms with Gasteiger partial charge in [0, 0.05) is 0 Å². The minimum atomic E-state index is -4.18. The summed E-state index contributed by atoms with van der Waals surface area (Å²) in [6.07, 6.45) is 17.0. The first-order valence-corrected chi connectivity index (χ1v) is 17.1. The number of benzene rings is 1. The molecular formula is C34H52O3S. The van der Waals surface area contributed by atoms with Crippen LogP contribution in [0.15, 0.2) is 34.7 Å². The fraction of sp³-hybridized carbons (Fsp3) is 0.765. The Bertz CT molecular complexity index is 1170. The SMILES string of the molecule is Cc1ccc(S(=O)(=O)O)cc1[C@H]1CC[C@@]2(C)C(=CC[C@H]3[C@@H]4CC[C@H]([C@H](C)CCCC(C)C)[C@@]4(C)CC[C@@H]32)C1. The maximum absolute atomic E-state index is 11.8. The number of fused-ring (bicyclic) bond motifs is 5. The molecular weight excluding hydrogens is 488 g/mol. The molecule has 0 unspecified atom stereocenters. The van der Waals surface area contributed by atoms with Crippen molar-refractivity contribution in [1.29, 1.82) is 0 Å². The molecule has 0 radical (unpaired) electrons. The van der Waals surface area contributed by atoms with Gasteiger partial charge in [0.2, 0.25) is 0 Å². The molecule has 8 atom stereocenters. The minimum Gasteiger partial charge on any atom is -0.282 e. The van der Waals surface area contributed by atoms with E-state index in [1.165, 1.54) is 63.9 Å². The van der Waals surface area contributed by atoms with Gasteiger partial charge in [-0.25, -0.2) is 0 Å². The van der Waals surface area contributed by atoms with E-state index < -0.39 is 10.1 Å². The van der Waals surface area contributed by atoms with Crippen LogP contribution in [0.1, 0.15) is 122 Å². The normalized spacial score (nSPS) is 37.8. The van der Waals surface area contributed by atoms with Crippen molar-refractivity contribution in [3.8, 4) is 0 Å². The molecule has 0 bridgehead atoms. The van der Waals surface area contributed by atoms with Gasteiger partial charge in [0.05, 0.1) is 4.90 Å². The highest BCUT2D eigenvalue weighted by Gasteiger charge is 2.59. The fourth-order valence-electron chi connectivity index (χ4n) is 10.2. The Morgan fingerprint density at radius 1 is 1.00 bits per heavy atom. The lowest BCUT2D eigenvalue weighted by atomic mass is 9.46. The predicted octanol–water partition coefficient (Wildman–Crippen LogP) is 9.37. The van der Waals surface area contributed by atoms with Crippen molar-refractivity contribution in [2.24, 2.45) is 46.3 Å². The lowest BCUT2D eigenvalue weighted by Gasteiger charge is -2.58. The van der Waals surface area contributed by atoms with Crippen LogP contribution >= 0.6 is 0 Å². The van der Waals surface area contributed by atoms with Crippen molar-refractivity contribution in [3.05, 3.63) is 41.0 Å². The third kappa shape index (κ3) is 4.95. The molecule has 0 aliphatic heterocycles. The number of hydrogen-bond donors (Lipinski definition) is 1. The van der Waals surface area contributed by atoms with Crippen LogP contribution in [0.25, 0.3) is 0 Å². The highest BCUT2D eigenvalue weighted by Crippen LogP contribution is 2.68. The Morgan fingerprint density at radius 3 is 2.47 bits per heavy atom. The molecule has 0 saturated heterocycles. The first kappa shape index (κ1) is 28.4. The summed E-state index contributed by atoms with van der Waals surface area (Å²) in [4.78, 5) is 0.0323. The van der Waals surface area contributed by atoms with Gasteiger partial charge in [0.25, 0.3) is 10.1 Å². The zero-order valence-electron chi connectivity index (χ0n) is 24.8. The van der Waals surface area contributed by atoms with E-state index in [0.29, 0.717) is 11.3 Å². The van der Waals surface area contributed by atoms with Gasteiger partial charge in [0.1, 0.15) is 0 Å². The standard InChI is InChI=1S/C34H52O3S/c1-22(2)8-7-9-24(4)30-14-15-31-28-13-11-26-20-25(29-21-27(38(35,36)37)12-10-23(29)3)16-18-33(26,5)32(28)17-19-34(30,31)6/h10-12,21-22,24-25,28,30-32H,7-9,13-20H2,1-6H3,(H,35,36,37)/t24-,25+,28+,30-,31+,32+,33+,34-/m1/s1. The Morgan fingerprint density at radius 2 is 1.76 bits per heavy atom. The van der Waals surface area contributed by atoms with Crippen LogP contribution in [0.5, 0.6) is 0 Å². The molecule has 1 aromatic carbocycles. The van der Waals surface area contributed by atoms with Crippen LogP contribution in [-0.4, -0.2) is 13.0 Å². The summed E-state index contributed by atoms with van der Waals surface area (Å²) in [5, 5.41) is 0. The van der Waals surface area contributed by atoms with Crippen LogP contribution in [0.4, 0.5) is 0 Å².